The number of likely N-dealkylation sites (N-methyl/N-ethyl adjacent to an activating group) is 3. The van der Waals surface area contributed by atoms with E-state index in [0.717, 1.165) is 56.3 Å². The van der Waals surface area contributed by atoms with E-state index >= 15 is 0 Å². The van der Waals surface area contributed by atoms with Crippen LogP contribution in [0.15, 0.2) is 124 Å². The third-order valence-corrected chi connectivity index (χ3v) is 26.6. The van der Waals surface area contributed by atoms with Crippen molar-refractivity contribution in [2.75, 3.05) is 166 Å². The number of nitrogens with two attached hydrogens (primary N) is 1. The zero-order valence-corrected chi connectivity index (χ0v) is 71.8. The maximum atomic E-state index is 14.4. The number of nitrogens with one attached hydrogen (secondary N) is 5. The maximum Gasteiger partial charge on any atom is 0.240 e. The number of amides is 3. The highest BCUT2D eigenvalue weighted by molar-refractivity contribution is 7.90. The van der Waals surface area contributed by atoms with Crippen molar-refractivity contribution in [1.82, 2.24) is 43.8 Å². The fourth-order valence-corrected chi connectivity index (χ4v) is 20.3. The molecule has 27 nitrogen and oxygen atoms in total. The molecule has 0 aromatic heterocycles. The summed E-state index contributed by atoms with van der Waals surface area (Å²) in [6.45, 7) is 4.37. The number of fused-ring (bicyclic) bond motifs is 3. The first kappa shape index (κ1) is 92.6. The predicted molar refractivity (Wildman–Crippen MR) is 441 cm³/mol. The zero-order chi connectivity index (χ0) is 82.4. The second-order valence-electron chi connectivity index (χ2n) is 28.6. The minimum atomic E-state index is -4.03. The highest BCUT2D eigenvalue weighted by atomic mass is 35.5. The van der Waals surface area contributed by atoms with E-state index in [4.69, 9.17) is 104 Å². The van der Waals surface area contributed by atoms with Gasteiger partial charge in [0.15, 0.2) is 0 Å². The normalized spacial score (nSPS) is 16.9. The van der Waals surface area contributed by atoms with E-state index in [2.05, 4.69) is 38.9 Å². The number of nitrogens with zero attached hydrogens (tertiary/aromatic N) is 4. The second kappa shape index (κ2) is 43.6. The molecular weight excluding hydrogens is 1680 g/mol. The van der Waals surface area contributed by atoms with Gasteiger partial charge in [-0.15, -0.1) is 0 Å². The van der Waals surface area contributed by atoms with Gasteiger partial charge in [0.1, 0.15) is 0 Å². The number of sulfonamides is 4. The Hall–Kier alpha value is -5.25. The molecule has 0 saturated heterocycles. The molecule has 3 amide bonds. The molecule has 3 heterocycles. The Labute approximate surface area is 699 Å². The Bertz CT molecular complexity index is 4610. The van der Waals surface area contributed by atoms with Crippen molar-refractivity contribution in [3.63, 3.8) is 0 Å². The number of primary amides is 1. The first-order valence-corrected chi connectivity index (χ1v) is 45.9. The fraction of sp³-hybridized carbons (Fsp3) is 0.494. The molecule has 0 bridgehead atoms. The van der Waals surface area contributed by atoms with Crippen LogP contribution in [0.1, 0.15) is 106 Å². The average molecular weight is 1780 g/mol. The third-order valence-electron chi connectivity index (χ3n) is 19.8. The van der Waals surface area contributed by atoms with Crippen LogP contribution in [-0.4, -0.2) is 242 Å². The Morgan fingerprint density at radius 1 is 0.447 bits per heavy atom. The summed E-state index contributed by atoms with van der Waals surface area (Å²) in [4.78, 5) is 48.1. The van der Waals surface area contributed by atoms with Crippen LogP contribution in [0.4, 0.5) is 0 Å². The molecular formula is C77H100Cl6N10O17S4. The van der Waals surface area contributed by atoms with Crippen LogP contribution < -0.4 is 29.9 Å². The van der Waals surface area contributed by atoms with E-state index in [-0.39, 0.29) is 190 Å². The average Bonchev–Trinajstić information content (AvgIpc) is 0.780. The highest BCUT2D eigenvalue weighted by Crippen LogP contribution is 2.43. The third kappa shape index (κ3) is 27.9. The summed E-state index contributed by atoms with van der Waals surface area (Å²) in [5, 5.41) is 5.87. The van der Waals surface area contributed by atoms with Gasteiger partial charge in [-0.05, 0) is 163 Å². The van der Waals surface area contributed by atoms with E-state index in [1.807, 2.05) is 57.5 Å². The van der Waals surface area contributed by atoms with Crippen LogP contribution in [0.3, 0.4) is 0 Å². The van der Waals surface area contributed by atoms with E-state index in [9.17, 15) is 48.1 Å². The smallest absolute Gasteiger partial charge is 0.240 e. The van der Waals surface area contributed by atoms with Gasteiger partial charge in [-0.1, -0.05) is 106 Å². The van der Waals surface area contributed by atoms with Crippen molar-refractivity contribution in [3.05, 3.63) is 189 Å². The van der Waals surface area contributed by atoms with E-state index in [1.165, 1.54) is 23.1 Å². The van der Waals surface area contributed by atoms with Crippen molar-refractivity contribution in [2.24, 2.45) is 5.73 Å². The molecule has 0 spiro atoms. The van der Waals surface area contributed by atoms with Gasteiger partial charge in [0, 0.05) is 151 Å². The van der Waals surface area contributed by atoms with Gasteiger partial charge >= 0.3 is 0 Å². The molecule has 6 aromatic rings. The number of hydrogen-bond acceptors (Lipinski definition) is 20. The van der Waals surface area contributed by atoms with E-state index in [1.54, 1.807) is 54.6 Å². The Morgan fingerprint density at radius 2 is 0.772 bits per heavy atom. The minimum absolute atomic E-state index is 0.00507. The molecule has 0 fully saturated rings. The summed E-state index contributed by atoms with van der Waals surface area (Å²) >= 11 is 39.0. The lowest BCUT2D eigenvalue weighted by atomic mass is 9.84. The quantitative estimate of drug-likeness (QED) is 0.0194. The SMILES string of the molecule is CN1Cc2c(Cl)cc(Cl)cc2[C@H](c2cccc(S(=O)(=O)NCCOCCOCCNC(=O)CCC(CCC(N)=O)(CCC(=O)N(CCOCCOCCNS(=O)(=O)c3cccc([C@@H]4CN(C)Cc5c(Cl)cc(Cl)cc54)c3)CCOCCOCCNS(=O)(=O)c3cccc([C@@H]4CN(C)Cc5c(Cl)cc(Cl)cc54)c3)NS(C)(=O)=O)c2)C1. The van der Waals surface area contributed by atoms with Crippen LogP contribution in [0.5, 0.6) is 0 Å². The van der Waals surface area contributed by atoms with E-state index in [0.29, 0.717) is 69.4 Å². The summed E-state index contributed by atoms with van der Waals surface area (Å²) in [6, 6.07) is 30.9. The number of carbonyl (C=O) groups excluding carboxylic acids is 3. The molecule has 3 aliphatic heterocycles. The van der Waals surface area contributed by atoms with Crippen LogP contribution in [0, 0.1) is 0 Å². The summed E-state index contributed by atoms with van der Waals surface area (Å²) in [5.41, 5.74) is 12.1. The molecule has 114 heavy (non-hydrogen) atoms. The topological polar surface area (TPSA) is 342 Å². The molecule has 9 rings (SSSR count). The molecule has 626 valence electrons. The predicted octanol–water partition coefficient (Wildman–Crippen LogP) is 8.73. The summed E-state index contributed by atoms with van der Waals surface area (Å²) < 4.78 is 152. The van der Waals surface area contributed by atoms with Crippen LogP contribution in [0.25, 0.3) is 0 Å². The van der Waals surface area contributed by atoms with E-state index < -0.39 is 63.4 Å². The largest absolute Gasteiger partial charge is 0.378 e. The molecule has 0 saturated carbocycles. The second-order valence-corrected chi connectivity index (χ2v) is 38.1. The molecule has 6 aromatic carbocycles. The standard InChI is InChI=1S/C77H100Cl6N10O17S4/c1-90-47-65(62-41-56(78)44-71(81)68(62)50-90)53-8-5-11-59(38-53)112(99,100)86-21-27-106-33-32-105-26-20-85-75(95)15-18-77(17-14-74(84)94,89-111(4,97)98)19-16-76(96)93(24-30-109-36-34-107-28-22-87-113(101,102)60-12-6-9-54(39-60)66-48-91(2)51-69-63(66)42-57(79)45-72(69)82)25-31-110-37-35-108-29-23-88-114(103,104)61-13-7-10-55(40-61)67-49-92(3)52-70-64(67)43-58(80)46-73(70)83/h5-13,38-46,65-67,86-89H,14-37,47-52H2,1-4H3,(H2,84,94)(H,85,95)/t65-,66-,67-,77?/m0/s1. The van der Waals surface area contributed by atoms with Gasteiger partial charge in [0.25, 0.3) is 0 Å². The minimum Gasteiger partial charge on any atom is -0.378 e. The van der Waals surface area contributed by atoms with Crippen LogP contribution in [0.2, 0.25) is 30.1 Å². The number of hydrogen-bond donors (Lipinski definition) is 6. The monoisotopic (exact) mass is 1770 g/mol. The van der Waals surface area contributed by atoms with Crippen molar-refractivity contribution in [1.29, 1.82) is 0 Å². The fourth-order valence-electron chi connectivity index (χ4n) is 14.3. The molecule has 3 aliphatic rings. The number of ether oxygens (including phenoxy) is 6. The van der Waals surface area contributed by atoms with Gasteiger partial charge in [0.2, 0.25) is 57.8 Å². The molecule has 1 unspecified atom stereocenters. The molecule has 4 atom stereocenters. The van der Waals surface area contributed by atoms with Gasteiger partial charge in [-0.3, -0.25) is 14.4 Å². The molecule has 37 heteroatoms. The van der Waals surface area contributed by atoms with Crippen LogP contribution >= 0.6 is 69.6 Å². The Kier molecular flexibility index (Phi) is 35.5. The van der Waals surface area contributed by atoms with Gasteiger partial charge < -0.3 is 59.1 Å². The maximum absolute atomic E-state index is 14.4. The van der Waals surface area contributed by atoms with Gasteiger partial charge in [-0.25, -0.2) is 52.6 Å². The molecule has 0 aliphatic carbocycles. The highest BCUT2D eigenvalue weighted by Gasteiger charge is 2.37. The lowest BCUT2D eigenvalue weighted by Gasteiger charge is -2.34. The first-order valence-electron chi connectivity index (χ1n) is 37.2. The lowest BCUT2D eigenvalue weighted by molar-refractivity contribution is -0.133. The van der Waals surface area contributed by atoms with Crippen molar-refractivity contribution >= 4 is 127 Å². The summed E-state index contributed by atoms with van der Waals surface area (Å²) in [6.07, 6.45) is -0.295. The van der Waals surface area contributed by atoms with Gasteiger partial charge in [0.05, 0.1) is 100 Å². The number of rotatable bonds is 47. The molecule has 0 radical (unpaired) electrons. The summed E-state index contributed by atoms with van der Waals surface area (Å²) in [5.74, 6) is -2.18. The first-order chi connectivity index (χ1) is 54.2. The Balaban J connectivity index is 0.729. The Morgan fingerprint density at radius 3 is 1.11 bits per heavy atom. The van der Waals surface area contributed by atoms with Crippen molar-refractivity contribution in [3.8, 4) is 0 Å². The number of halogens is 6. The van der Waals surface area contributed by atoms with Crippen molar-refractivity contribution in [2.45, 2.75) is 96.1 Å². The number of benzene rings is 6. The van der Waals surface area contributed by atoms with Gasteiger partial charge in [-0.2, -0.15) is 0 Å². The lowest BCUT2D eigenvalue weighted by Crippen LogP contribution is -2.50. The van der Waals surface area contributed by atoms with Crippen LogP contribution in [-0.2, 0) is 103 Å². The molecule has 7 N–H and O–H groups in total. The summed E-state index contributed by atoms with van der Waals surface area (Å²) in [7, 11) is -9.95. The van der Waals surface area contributed by atoms with Crippen molar-refractivity contribution < 1.29 is 76.5 Å². The zero-order valence-electron chi connectivity index (χ0n) is 64.0. The number of carbonyl (C=O) groups is 3.